The molecule has 0 fully saturated rings. The van der Waals surface area contributed by atoms with E-state index in [4.69, 9.17) is 14.2 Å². The molecule has 1 aromatic heterocycles. The molecule has 25 heavy (non-hydrogen) atoms. The zero-order chi connectivity index (χ0) is 17.8. The van der Waals surface area contributed by atoms with E-state index in [9.17, 15) is 4.79 Å². The number of para-hydroxylation sites is 1. The fourth-order valence-corrected chi connectivity index (χ4v) is 2.47. The average Bonchev–Trinajstić information content (AvgIpc) is 3.09. The minimum Gasteiger partial charge on any atom is -0.493 e. The number of carbonyl (C=O) groups is 1. The van der Waals surface area contributed by atoms with E-state index < -0.39 is 0 Å². The van der Waals surface area contributed by atoms with Crippen LogP contribution in [0.1, 0.15) is 10.4 Å². The van der Waals surface area contributed by atoms with Gasteiger partial charge in [0, 0.05) is 6.08 Å². The van der Waals surface area contributed by atoms with Gasteiger partial charge in [-0.2, -0.15) is 4.68 Å². The van der Waals surface area contributed by atoms with Crippen LogP contribution in [0.3, 0.4) is 0 Å². The standard InChI is InChI=1S/C18H17N3O4/c1-23-15-10-12(11-16(24-2)18(15)25-3)8-9-17(22)21-14-7-5-4-6-13(14)19-20-21/h4-11H,1-3H3/b9-8+. The Labute approximate surface area is 144 Å². The largest absolute Gasteiger partial charge is 0.493 e. The van der Waals surface area contributed by atoms with Crippen LogP contribution in [0.15, 0.2) is 42.5 Å². The van der Waals surface area contributed by atoms with E-state index in [1.165, 1.54) is 32.1 Å². The molecule has 0 unspecified atom stereocenters. The SMILES string of the molecule is COc1cc(/C=C/C(=O)n2nnc3ccccc32)cc(OC)c1OC. The number of ether oxygens (including phenoxy) is 3. The summed E-state index contributed by atoms with van der Waals surface area (Å²) in [7, 11) is 4.62. The molecule has 0 saturated heterocycles. The molecular weight excluding hydrogens is 322 g/mol. The molecule has 0 amide bonds. The van der Waals surface area contributed by atoms with Gasteiger partial charge in [-0.15, -0.1) is 5.10 Å². The number of fused-ring (bicyclic) bond motifs is 1. The third kappa shape index (κ3) is 3.16. The summed E-state index contributed by atoms with van der Waals surface area (Å²) in [5, 5.41) is 7.87. The number of allylic oxidation sites excluding steroid dienone is 1. The van der Waals surface area contributed by atoms with Crippen LogP contribution < -0.4 is 14.2 Å². The predicted octanol–water partition coefficient (Wildman–Crippen LogP) is 2.81. The Hall–Kier alpha value is -3.35. The Bertz CT molecular complexity index is 921. The Morgan fingerprint density at radius 2 is 1.72 bits per heavy atom. The lowest BCUT2D eigenvalue weighted by molar-refractivity contribution is 0.0958. The molecule has 3 rings (SSSR count). The first-order valence-electron chi connectivity index (χ1n) is 7.50. The summed E-state index contributed by atoms with van der Waals surface area (Å²) in [6.07, 6.45) is 3.07. The van der Waals surface area contributed by atoms with Gasteiger partial charge in [0.05, 0.1) is 26.8 Å². The van der Waals surface area contributed by atoms with Crippen molar-refractivity contribution in [2.24, 2.45) is 0 Å². The monoisotopic (exact) mass is 339 g/mol. The fourth-order valence-electron chi connectivity index (χ4n) is 2.47. The predicted molar refractivity (Wildman–Crippen MR) is 93.3 cm³/mol. The number of methoxy groups -OCH3 is 3. The Morgan fingerprint density at radius 1 is 1.04 bits per heavy atom. The molecule has 0 aliphatic rings. The number of carbonyl (C=O) groups excluding carboxylic acids is 1. The van der Waals surface area contributed by atoms with Crippen LogP contribution in [-0.2, 0) is 0 Å². The van der Waals surface area contributed by atoms with E-state index in [2.05, 4.69) is 10.3 Å². The molecule has 0 aliphatic heterocycles. The molecule has 1 heterocycles. The molecule has 0 bridgehead atoms. The average molecular weight is 339 g/mol. The van der Waals surface area contributed by atoms with Crippen molar-refractivity contribution in [3.8, 4) is 17.2 Å². The Morgan fingerprint density at radius 3 is 2.36 bits per heavy atom. The van der Waals surface area contributed by atoms with Crippen LogP contribution in [0.5, 0.6) is 17.2 Å². The number of aromatic nitrogens is 3. The lowest BCUT2D eigenvalue weighted by atomic mass is 10.1. The van der Waals surface area contributed by atoms with Gasteiger partial charge in [-0.1, -0.05) is 17.3 Å². The van der Waals surface area contributed by atoms with Gasteiger partial charge in [-0.05, 0) is 35.9 Å². The van der Waals surface area contributed by atoms with Crippen LogP contribution in [-0.4, -0.2) is 42.2 Å². The molecule has 0 N–H and O–H groups in total. The number of hydrogen-bond acceptors (Lipinski definition) is 6. The van der Waals surface area contributed by atoms with E-state index >= 15 is 0 Å². The first-order chi connectivity index (χ1) is 12.2. The Balaban J connectivity index is 1.92. The molecule has 0 radical (unpaired) electrons. The van der Waals surface area contributed by atoms with Crippen molar-refractivity contribution < 1.29 is 19.0 Å². The maximum atomic E-state index is 12.4. The first kappa shape index (κ1) is 16.5. The van der Waals surface area contributed by atoms with Crippen molar-refractivity contribution in [2.45, 2.75) is 0 Å². The van der Waals surface area contributed by atoms with Gasteiger partial charge < -0.3 is 14.2 Å². The molecule has 0 spiro atoms. The van der Waals surface area contributed by atoms with E-state index in [1.807, 2.05) is 12.1 Å². The van der Waals surface area contributed by atoms with E-state index in [1.54, 1.807) is 30.3 Å². The van der Waals surface area contributed by atoms with E-state index in [-0.39, 0.29) is 5.91 Å². The summed E-state index contributed by atoms with van der Waals surface area (Å²) in [6.45, 7) is 0. The molecule has 7 nitrogen and oxygen atoms in total. The Kier molecular flexibility index (Phi) is 4.65. The highest BCUT2D eigenvalue weighted by molar-refractivity contribution is 5.98. The van der Waals surface area contributed by atoms with Gasteiger partial charge in [0.15, 0.2) is 11.5 Å². The molecule has 0 aliphatic carbocycles. The van der Waals surface area contributed by atoms with E-state index in [0.717, 1.165) is 5.56 Å². The van der Waals surface area contributed by atoms with Crippen molar-refractivity contribution in [3.63, 3.8) is 0 Å². The smallest absolute Gasteiger partial charge is 0.272 e. The highest BCUT2D eigenvalue weighted by Gasteiger charge is 2.13. The molecule has 0 atom stereocenters. The second-order valence-corrected chi connectivity index (χ2v) is 5.12. The van der Waals surface area contributed by atoms with Crippen LogP contribution in [0, 0.1) is 0 Å². The molecule has 128 valence electrons. The number of benzene rings is 2. The highest BCUT2D eigenvalue weighted by Crippen LogP contribution is 2.38. The van der Waals surface area contributed by atoms with Crippen molar-refractivity contribution in [1.82, 2.24) is 15.0 Å². The van der Waals surface area contributed by atoms with Crippen LogP contribution in [0.4, 0.5) is 0 Å². The molecule has 2 aromatic carbocycles. The quantitative estimate of drug-likeness (QED) is 0.665. The summed E-state index contributed by atoms with van der Waals surface area (Å²) in [5.74, 6) is 1.22. The lowest BCUT2D eigenvalue weighted by Crippen LogP contribution is -2.08. The van der Waals surface area contributed by atoms with Gasteiger partial charge in [0.25, 0.3) is 5.91 Å². The summed E-state index contributed by atoms with van der Waals surface area (Å²) in [5.41, 5.74) is 2.05. The van der Waals surface area contributed by atoms with E-state index in [0.29, 0.717) is 28.3 Å². The van der Waals surface area contributed by atoms with Gasteiger partial charge in [-0.3, -0.25) is 4.79 Å². The molecule has 0 saturated carbocycles. The maximum Gasteiger partial charge on any atom is 0.272 e. The summed E-state index contributed by atoms with van der Waals surface area (Å²) < 4.78 is 17.1. The summed E-state index contributed by atoms with van der Waals surface area (Å²) in [6, 6.07) is 10.8. The number of nitrogens with zero attached hydrogens (tertiary/aromatic N) is 3. The van der Waals surface area contributed by atoms with Crippen LogP contribution in [0.2, 0.25) is 0 Å². The van der Waals surface area contributed by atoms with Gasteiger partial charge in [0.1, 0.15) is 5.52 Å². The topological polar surface area (TPSA) is 75.5 Å². The third-order valence-electron chi connectivity index (χ3n) is 3.67. The summed E-state index contributed by atoms with van der Waals surface area (Å²) in [4.78, 5) is 12.4. The highest BCUT2D eigenvalue weighted by atomic mass is 16.5. The minimum atomic E-state index is -0.303. The normalized spacial score (nSPS) is 11.0. The van der Waals surface area contributed by atoms with Crippen molar-refractivity contribution in [3.05, 3.63) is 48.0 Å². The zero-order valence-electron chi connectivity index (χ0n) is 14.1. The van der Waals surface area contributed by atoms with Crippen molar-refractivity contribution in [2.75, 3.05) is 21.3 Å². The second-order valence-electron chi connectivity index (χ2n) is 5.12. The second kappa shape index (κ2) is 7.04. The number of rotatable bonds is 5. The molecule has 3 aromatic rings. The number of hydrogen-bond donors (Lipinski definition) is 0. The van der Waals surface area contributed by atoms with Gasteiger partial charge in [-0.25, -0.2) is 0 Å². The lowest BCUT2D eigenvalue weighted by Gasteiger charge is -2.12. The fraction of sp³-hybridized carbons (Fsp3) is 0.167. The van der Waals surface area contributed by atoms with Crippen LogP contribution >= 0.6 is 0 Å². The zero-order valence-corrected chi connectivity index (χ0v) is 14.1. The van der Waals surface area contributed by atoms with Crippen molar-refractivity contribution >= 4 is 23.0 Å². The summed E-state index contributed by atoms with van der Waals surface area (Å²) >= 11 is 0. The first-order valence-corrected chi connectivity index (χ1v) is 7.50. The van der Waals surface area contributed by atoms with Crippen LogP contribution in [0.25, 0.3) is 17.1 Å². The maximum absolute atomic E-state index is 12.4. The third-order valence-corrected chi connectivity index (χ3v) is 3.67. The molecular formula is C18H17N3O4. The van der Waals surface area contributed by atoms with Gasteiger partial charge in [0.2, 0.25) is 5.75 Å². The minimum absolute atomic E-state index is 0.303. The van der Waals surface area contributed by atoms with Crippen molar-refractivity contribution in [1.29, 1.82) is 0 Å². The molecule has 7 heteroatoms. The van der Waals surface area contributed by atoms with Gasteiger partial charge >= 0.3 is 0 Å².